The van der Waals surface area contributed by atoms with Gasteiger partial charge in [-0.15, -0.1) is 0 Å². The molecule has 0 spiro atoms. The number of rotatable bonds is 2. The van der Waals surface area contributed by atoms with Crippen molar-refractivity contribution < 1.29 is 5.11 Å². The Kier molecular flexibility index (Phi) is 3.85. The first-order valence-electron chi connectivity index (χ1n) is 5.86. The maximum atomic E-state index is 10.5. The van der Waals surface area contributed by atoms with Crippen LogP contribution in [0.15, 0.2) is 24.3 Å². The minimum atomic E-state index is -0.610. The Balaban J connectivity index is 2.06. The van der Waals surface area contributed by atoms with E-state index in [-0.39, 0.29) is 0 Å². The van der Waals surface area contributed by atoms with Crippen LogP contribution in [0.5, 0.6) is 0 Å². The van der Waals surface area contributed by atoms with Crippen LogP contribution < -0.4 is 5.32 Å². The molecule has 2 rings (SSSR count). The SMILES string of the molecule is OC1(Cc2cccc(Cl)c2)CCCCNC1. The molecule has 3 heteroatoms. The molecule has 2 N–H and O–H groups in total. The number of hydrogen-bond donors (Lipinski definition) is 2. The first kappa shape index (κ1) is 11.9. The van der Waals surface area contributed by atoms with Crippen molar-refractivity contribution in [3.05, 3.63) is 34.9 Å². The fraction of sp³-hybridized carbons (Fsp3) is 0.538. The van der Waals surface area contributed by atoms with Crippen molar-refractivity contribution in [2.45, 2.75) is 31.3 Å². The maximum Gasteiger partial charge on any atom is 0.0811 e. The fourth-order valence-corrected chi connectivity index (χ4v) is 2.50. The Morgan fingerprint density at radius 2 is 2.25 bits per heavy atom. The van der Waals surface area contributed by atoms with E-state index in [0.29, 0.717) is 13.0 Å². The second kappa shape index (κ2) is 5.17. The van der Waals surface area contributed by atoms with Crippen molar-refractivity contribution in [1.82, 2.24) is 5.32 Å². The van der Waals surface area contributed by atoms with Crippen LogP contribution in [0.4, 0.5) is 0 Å². The van der Waals surface area contributed by atoms with E-state index >= 15 is 0 Å². The molecule has 1 fully saturated rings. The summed E-state index contributed by atoms with van der Waals surface area (Å²) < 4.78 is 0. The van der Waals surface area contributed by atoms with Gasteiger partial charge < -0.3 is 10.4 Å². The molecular weight excluding hydrogens is 222 g/mol. The van der Waals surface area contributed by atoms with Crippen molar-refractivity contribution in [1.29, 1.82) is 0 Å². The van der Waals surface area contributed by atoms with Crippen molar-refractivity contribution in [2.24, 2.45) is 0 Å². The zero-order valence-corrected chi connectivity index (χ0v) is 10.1. The van der Waals surface area contributed by atoms with Crippen LogP contribution in [0.25, 0.3) is 0 Å². The van der Waals surface area contributed by atoms with Gasteiger partial charge >= 0.3 is 0 Å². The smallest absolute Gasteiger partial charge is 0.0811 e. The van der Waals surface area contributed by atoms with Gasteiger partial charge in [0.15, 0.2) is 0 Å². The van der Waals surface area contributed by atoms with Gasteiger partial charge in [0, 0.05) is 18.0 Å². The second-order valence-electron chi connectivity index (χ2n) is 4.66. The molecule has 2 nitrogen and oxygen atoms in total. The van der Waals surface area contributed by atoms with Gasteiger partial charge in [0.2, 0.25) is 0 Å². The van der Waals surface area contributed by atoms with Crippen molar-refractivity contribution >= 4 is 11.6 Å². The van der Waals surface area contributed by atoms with E-state index in [4.69, 9.17) is 11.6 Å². The molecule has 1 atom stereocenters. The highest BCUT2D eigenvalue weighted by Crippen LogP contribution is 2.23. The lowest BCUT2D eigenvalue weighted by Gasteiger charge is -2.26. The summed E-state index contributed by atoms with van der Waals surface area (Å²) in [7, 11) is 0. The summed E-state index contributed by atoms with van der Waals surface area (Å²) in [4.78, 5) is 0. The van der Waals surface area contributed by atoms with Gasteiger partial charge in [0.05, 0.1) is 5.60 Å². The van der Waals surface area contributed by atoms with E-state index in [1.807, 2.05) is 24.3 Å². The van der Waals surface area contributed by atoms with E-state index < -0.39 is 5.60 Å². The maximum absolute atomic E-state index is 10.5. The second-order valence-corrected chi connectivity index (χ2v) is 5.10. The van der Waals surface area contributed by atoms with Gasteiger partial charge in [-0.3, -0.25) is 0 Å². The zero-order chi connectivity index (χ0) is 11.4. The minimum Gasteiger partial charge on any atom is -0.388 e. The first-order valence-corrected chi connectivity index (χ1v) is 6.23. The molecule has 0 radical (unpaired) electrons. The molecular formula is C13H18ClNO. The van der Waals surface area contributed by atoms with Crippen molar-refractivity contribution in [3.63, 3.8) is 0 Å². The highest BCUT2D eigenvalue weighted by atomic mass is 35.5. The van der Waals surface area contributed by atoms with Crippen LogP contribution in [-0.4, -0.2) is 23.8 Å². The minimum absolute atomic E-state index is 0.610. The monoisotopic (exact) mass is 239 g/mol. The molecule has 1 unspecified atom stereocenters. The molecule has 0 bridgehead atoms. The third kappa shape index (κ3) is 3.21. The van der Waals surface area contributed by atoms with Crippen LogP contribution in [-0.2, 0) is 6.42 Å². The molecule has 16 heavy (non-hydrogen) atoms. The summed E-state index contributed by atoms with van der Waals surface area (Å²) in [5.74, 6) is 0. The van der Waals surface area contributed by atoms with E-state index in [1.165, 1.54) is 0 Å². The van der Waals surface area contributed by atoms with Crippen molar-refractivity contribution in [3.8, 4) is 0 Å². The molecule has 88 valence electrons. The Bertz CT molecular complexity index is 346. The third-order valence-electron chi connectivity index (χ3n) is 3.12. The summed E-state index contributed by atoms with van der Waals surface area (Å²) in [6.07, 6.45) is 3.79. The van der Waals surface area contributed by atoms with Gasteiger partial charge in [-0.1, -0.05) is 23.7 Å². The Morgan fingerprint density at radius 3 is 3.06 bits per heavy atom. The number of benzene rings is 1. The molecule has 1 aromatic rings. The average Bonchev–Trinajstić information content (AvgIpc) is 2.43. The molecule has 0 aromatic heterocycles. The van der Waals surface area contributed by atoms with Crippen molar-refractivity contribution in [2.75, 3.05) is 13.1 Å². The van der Waals surface area contributed by atoms with Gasteiger partial charge in [0.25, 0.3) is 0 Å². The van der Waals surface area contributed by atoms with Crippen LogP contribution in [0.3, 0.4) is 0 Å². The quantitative estimate of drug-likeness (QED) is 0.831. The van der Waals surface area contributed by atoms with Gasteiger partial charge in [-0.2, -0.15) is 0 Å². The van der Waals surface area contributed by atoms with E-state index in [9.17, 15) is 5.11 Å². The van der Waals surface area contributed by atoms with Crippen LogP contribution >= 0.6 is 11.6 Å². The summed E-state index contributed by atoms with van der Waals surface area (Å²) in [6.45, 7) is 1.69. The van der Waals surface area contributed by atoms with Crippen LogP contribution in [0.1, 0.15) is 24.8 Å². The fourth-order valence-electron chi connectivity index (χ4n) is 2.29. The Hall–Kier alpha value is -0.570. The lowest BCUT2D eigenvalue weighted by Crippen LogP contribution is -2.40. The highest BCUT2D eigenvalue weighted by Gasteiger charge is 2.28. The standard InChI is InChI=1S/C13H18ClNO/c14-12-5-3-4-11(8-12)9-13(16)6-1-2-7-15-10-13/h3-5,8,15-16H,1-2,6-7,9-10H2. The summed E-state index contributed by atoms with van der Waals surface area (Å²) in [5.41, 5.74) is 0.500. The molecule has 1 aromatic carbocycles. The normalized spacial score (nSPS) is 26.4. The number of halogens is 1. The van der Waals surface area contributed by atoms with Gasteiger partial charge in [0.1, 0.15) is 0 Å². The van der Waals surface area contributed by atoms with E-state index in [2.05, 4.69) is 5.32 Å². The van der Waals surface area contributed by atoms with Gasteiger partial charge in [-0.05, 0) is 43.5 Å². The largest absolute Gasteiger partial charge is 0.388 e. The molecule has 1 aliphatic rings. The molecule has 1 heterocycles. The Labute approximate surface area is 102 Å². The topological polar surface area (TPSA) is 32.3 Å². The first-order chi connectivity index (χ1) is 7.68. The van der Waals surface area contributed by atoms with E-state index in [0.717, 1.165) is 36.4 Å². The summed E-state index contributed by atoms with van der Waals surface area (Å²) in [5, 5.41) is 14.5. The zero-order valence-electron chi connectivity index (χ0n) is 9.38. The third-order valence-corrected chi connectivity index (χ3v) is 3.36. The van der Waals surface area contributed by atoms with Gasteiger partial charge in [-0.25, -0.2) is 0 Å². The lowest BCUT2D eigenvalue weighted by molar-refractivity contribution is 0.0367. The predicted molar refractivity (Wildman–Crippen MR) is 66.8 cm³/mol. The molecule has 0 amide bonds. The highest BCUT2D eigenvalue weighted by molar-refractivity contribution is 6.30. The molecule has 0 saturated carbocycles. The summed E-state index contributed by atoms with van der Waals surface area (Å²) in [6, 6.07) is 7.75. The average molecular weight is 240 g/mol. The summed E-state index contributed by atoms with van der Waals surface area (Å²) >= 11 is 5.94. The lowest BCUT2D eigenvalue weighted by atomic mass is 9.90. The molecule has 1 aliphatic heterocycles. The number of β-amino-alcohol motifs (C(OH)–C–C–N with tert-alkyl or cyclic N) is 1. The van der Waals surface area contributed by atoms with E-state index in [1.54, 1.807) is 0 Å². The molecule has 1 saturated heterocycles. The van der Waals surface area contributed by atoms with Crippen LogP contribution in [0.2, 0.25) is 5.02 Å². The predicted octanol–water partition coefficient (Wildman–Crippen LogP) is 2.39. The Morgan fingerprint density at radius 1 is 1.38 bits per heavy atom. The number of nitrogens with one attached hydrogen (secondary N) is 1. The molecule has 0 aliphatic carbocycles. The van der Waals surface area contributed by atoms with Crippen LogP contribution in [0, 0.1) is 0 Å². The number of aliphatic hydroxyl groups is 1. The number of hydrogen-bond acceptors (Lipinski definition) is 2.